The van der Waals surface area contributed by atoms with Gasteiger partial charge in [0.2, 0.25) is 0 Å². The Labute approximate surface area is 165 Å². The van der Waals surface area contributed by atoms with Gasteiger partial charge >= 0.3 is 0 Å². The number of hydrogen-bond donors (Lipinski definition) is 1. The summed E-state index contributed by atoms with van der Waals surface area (Å²) in [7, 11) is 0. The van der Waals surface area contributed by atoms with Crippen molar-refractivity contribution in [2.45, 2.75) is 60.5 Å². The number of allylic oxidation sites excluding steroid dienone is 13. The van der Waals surface area contributed by atoms with Crippen LogP contribution in [0, 0.1) is 5.41 Å². The van der Waals surface area contributed by atoms with Crippen molar-refractivity contribution in [2.75, 3.05) is 0 Å². The summed E-state index contributed by atoms with van der Waals surface area (Å²) in [6.07, 6.45) is 20.3. The fourth-order valence-electron chi connectivity index (χ4n) is 3.31. The second-order valence-electron chi connectivity index (χ2n) is 8.07. The van der Waals surface area contributed by atoms with Crippen molar-refractivity contribution in [3.05, 3.63) is 82.5 Å². The third kappa shape index (κ3) is 8.36. The molecule has 0 aromatic carbocycles. The zero-order chi connectivity index (χ0) is 20.4. The van der Waals surface area contributed by atoms with Gasteiger partial charge in [0.05, 0.1) is 6.10 Å². The number of aldehydes is 1. The van der Waals surface area contributed by atoms with Crippen molar-refractivity contribution in [3.8, 4) is 0 Å². The molecule has 0 aromatic rings. The first-order chi connectivity index (χ1) is 12.7. The molecule has 0 unspecified atom stereocenters. The maximum Gasteiger partial charge on any atom is 0.145 e. The lowest BCUT2D eigenvalue weighted by Gasteiger charge is -2.35. The molecule has 0 amide bonds. The second kappa shape index (κ2) is 10.8. The van der Waals surface area contributed by atoms with Gasteiger partial charge in [0.25, 0.3) is 0 Å². The Morgan fingerprint density at radius 1 is 0.963 bits per heavy atom. The predicted molar refractivity (Wildman–Crippen MR) is 116 cm³/mol. The first-order valence-electron chi connectivity index (χ1n) is 9.54. The summed E-state index contributed by atoms with van der Waals surface area (Å²) in [4.78, 5) is 10.5. The Morgan fingerprint density at radius 2 is 1.52 bits per heavy atom. The van der Waals surface area contributed by atoms with Crippen molar-refractivity contribution in [2.24, 2.45) is 5.41 Å². The Bertz CT molecular complexity index is 734. The first-order valence-corrected chi connectivity index (χ1v) is 9.54. The van der Waals surface area contributed by atoms with Crippen molar-refractivity contribution in [1.82, 2.24) is 0 Å². The molecule has 2 nitrogen and oxygen atoms in total. The summed E-state index contributed by atoms with van der Waals surface area (Å²) in [6, 6.07) is 0. The maximum atomic E-state index is 10.5. The standard InChI is InChI=1S/C25H34O2/c1-19(10-7-8-11-21(3)18-26)12-9-13-20(2)14-15-24-22(4)16-23(27)17-25(24,5)6/h7-15,18,23,27H,16-17H2,1-6H3/b8-7+,12-9+,15-14+,19-10+,20-13+,21-11+/t23-/m1/s1. The number of hydrogen-bond acceptors (Lipinski definition) is 2. The van der Waals surface area contributed by atoms with Crippen molar-refractivity contribution in [1.29, 1.82) is 0 Å². The highest BCUT2D eigenvalue weighted by molar-refractivity contribution is 5.72. The van der Waals surface area contributed by atoms with Gasteiger partial charge in [0.15, 0.2) is 0 Å². The van der Waals surface area contributed by atoms with E-state index in [1.807, 2.05) is 31.2 Å². The lowest BCUT2D eigenvalue weighted by molar-refractivity contribution is -0.104. The fraction of sp³-hybridized carbons (Fsp3) is 0.400. The van der Waals surface area contributed by atoms with E-state index in [0.29, 0.717) is 5.57 Å². The Morgan fingerprint density at radius 3 is 2.11 bits per heavy atom. The van der Waals surface area contributed by atoms with E-state index in [0.717, 1.165) is 24.7 Å². The minimum absolute atomic E-state index is 0.0106. The molecule has 27 heavy (non-hydrogen) atoms. The number of carbonyl (C=O) groups is 1. The lowest BCUT2D eigenvalue weighted by Crippen LogP contribution is -2.28. The third-order valence-corrected chi connectivity index (χ3v) is 4.72. The summed E-state index contributed by atoms with van der Waals surface area (Å²) in [5.74, 6) is 0. The van der Waals surface area contributed by atoms with E-state index in [-0.39, 0.29) is 11.5 Å². The van der Waals surface area contributed by atoms with Gasteiger partial charge in [-0.2, -0.15) is 0 Å². The minimum Gasteiger partial charge on any atom is -0.393 e. The zero-order valence-electron chi connectivity index (χ0n) is 17.6. The molecule has 0 aliphatic heterocycles. The normalized spacial score (nSPS) is 22.5. The molecule has 0 radical (unpaired) electrons. The van der Waals surface area contributed by atoms with Crippen LogP contribution in [0.15, 0.2) is 82.5 Å². The van der Waals surface area contributed by atoms with Crippen LogP contribution in [0.3, 0.4) is 0 Å². The van der Waals surface area contributed by atoms with Crippen molar-refractivity contribution >= 4 is 6.29 Å². The van der Waals surface area contributed by atoms with Gasteiger partial charge in [-0.15, -0.1) is 0 Å². The van der Waals surface area contributed by atoms with Crippen LogP contribution in [-0.2, 0) is 4.79 Å². The first kappa shape index (κ1) is 22.9. The lowest BCUT2D eigenvalue weighted by atomic mass is 9.71. The average Bonchev–Trinajstić information content (AvgIpc) is 2.56. The molecule has 146 valence electrons. The summed E-state index contributed by atoms with van der Waals surface area (Å²) in [5, 5.41) is 9.99. The van der Waals surface area contributed by atoms with Crippen molar-refractivity contribution < 1.29 is 9.90 Å². The molecule has 0 bridgehead atoms. The largest absolute Gasteiger partial charge is 0.393 e. The Hall–Kier alpha value is -2.19. The summed E-state index contributed by atoms with van der Waals surface area (Å²) < 4.78 is 0. The van der Waals surface area contributed by atoms with E-state index in [4.69, 9.17) is 0 Å². The highest BCUT2D eigenvalue weighted by Gasteiger charge is 2.31. The summed E-state index contributed by atoms with van der Waals surface area (Å²) >= 11 is 0. The van der Waals surface area contributed by atoms with Gasteiger partial charge in [-0.1, -0.05) is 85.3 Å². The van der Waals surface area contributed by atoms with Crippen LogP contribution < -0.4 is 0 Å². The third-order valence-electron chi connectivity index (χ3n) is 4.72. The Kier molecular flexibility index (Phi) is 9.17. The quantitative estimate of drug-likeness (QED) is 0.331. The molecular formula is C25H34O2. The van der Waals surface area contributed by atoms with Crippen LogP contribution in [0.2, 0.25) is 0 Å². The van der Waals surface area contributed by atoms with Gasteiger partial charge in [0.1, 0.15) is 6.29 Å². The predicted octanol–water partition coefficient (Wildman–Crippen LogP) is 6.19. The molecular weight excluding hydrogens is 332 g/mol. The molecule has 1 rings (SSSR count). The molecule has 1 aliphatic rings. The van der Waals surface area contributed by atoms with Gasteiger partial charge in [0, 0.05) is 0 Å². The van der Waals surface area contributed by atoms with Crippen molar-refractivity contribution in [3.63, 3.8) is 0 Å². The van der Waals surface area contributed by atoms with E-state index < -0.39 is 0 Å². The van der Waals surface area contributed by atoms with E-state index >= 15 is 0 Å². The monoisotopic (exact) mass is 366 g/mol. The van der Waals surface area contributed by atoms with E-state index in [1.54, 1.807) is 13.0 Å². The number of carbonyl (C=O) groups excluding carboxylic acids is 1. The number of aliphatic hydroxyl groups excluding tert-OH is 1. The topological polar surface area (TPSA) is 37.3 Å². The Balaban J connectivity index is 2.74. The fourth-order valence-corrected chi connectivity index (χ4v) is 3.31. The van der Waals surface area contributed by atoms with Crippen LogP contribution in [0.1, 0.15) is 54.4 Å². The number of rotatable bonds is 7. The van der Waals surface area contributed by atoms with E-state index in [2.05, 4.69) is 52.0 Å². The average molecular weight is 367 g/mol. The second-order valence-corrected chi connectivity index (χ2v) is 8.07. The van der Waals surface area contributed by atoms with E-state index in [1.165, 1.54) is 16.7 Å². The van der Waals surface area contributed by atoms with Crippen LogP contribution >= 0.6 is 0 Å². The smallest absolute Gasteiger partial charge is 0.145 e. The highest BCUT2D eigenvalue weighted by atomic mass is 16.3. The summed E-state index contributed by atoms with van der Waals surface area (Å²) in [5.41, 5.74) is 5.65. The molecule has 1 atom stereocenters. The molecule has 0 aromatic heterocycles. The van der Waals surface area contributed by atoms with Gasteiger partial charge in [-0.25, -0.2) is 0 Å². The van der Waals surface area contributed by atoms with E-state index in [9.17, 15) is 9.90 Å². The SMILES string of the molecule is CC1=C(/C=C/C(C)=C/C=C/C(C)=C/C=C/C=C(\C)C=O)C(C)(C)C[C@H](O)C1. The molecule has 1 aliphatic carbocycles. The maximum absolute atomic E-state index is 10.5. The molecule has 0 heterocycles. The highest BCUT2D eigenvalue weighted by Crippen LogP contribution is 2.40. The molecule has 0 saturated heterocycles. The van der Waals surface area contributed by atoms with Gasteiger partial charge < -0.3 is 5.11 Å². The van der Waals surface area contributed by atoms with Gasteiger partial charge in [-0.3, -0.25) is 4.79 Å². The van der Waals surface area contributed by atoms with Crippen LogP contribution in [0.4, 0.5) is 0 Å². The van der Waals surface area contributed by atoms with Crippen LogP contribution in [-0.4, -0.2) is 17.5 Å². The van der Waals surface area contributed by atoms with Crippen LogP contribution in [0.25, 0.3) is 0 Å². The molecule has 0 spiro atoms. The molecule has 2 heteroatoms. The summed E-state index contributed by atoms with van der Waals surface area (Å²) in [6.45, 7) is 12.4. The van der Waals surface area contributed by atoms with Crippen LogP contribution in [0.5, 0.6) is 0 Å². The molecule has 0 saturated carbocycles. The molecule has 0 fully saturated rings. The van der Waals surface area contributed by atoms with Gasteiger partial charge in [-0.05, 0) is 57.1 Å². The number of aliphatic hydroxyl groups is 1. The zero-order valence-corrected chi connectivity index (χ0v) is 17.6. The minimum atomic E-state index is -0.224. The molecule has 1 N–H and O–H groups in total.